The topological polar surface area (TPSA) is 45.3 Å². The van der Waals surface area contributed by atoms with E-state index in [1.54, 1.807) is 0 Å². The number of benzene rings is 1. The summed E-state index contributed by atoms with van der Waals surface area (Å²) in [5.74, 6) is 2.12. The molecule has 6 nitrogen and oxygen atoms in total. The van der Waals surface area contributed by atoms with Crippen LogP contribution < -0.4 is 9.47 Å². The van der Waals surface area contributed by atoms with Crippen LogP contribution in [0.5, 0.6) is 11.5 Å². The zero-order valence-electron chi connectivity index (χ0n) is 16.9. The van der Waals surface area contributed by atoms with Crippen LogP contribution in [0.2, 0.25) is 0 Å². The highest BCUT2D eigenvalue weighted by Crippen LogP contribution is 2.46. The molecule has 4 aliphatic rings. The minimum absolute atomic E-state index is 0.0365. The second-order valence-corrected chi connectivity index (χ2v) is 9.11. The van der Waals surface area contributed by atoms with Gasteiger partial charge in [-0.3, -0.25) is 14.6 Å². The molecule has 1 atom stereocenters. The summed E-state index contributed by atoms with van der Waals surface area (Å²) in [7, 11) is 0. The maximum absolute atomic E-state index is 12.7. The fraction of sp³-hybridized carbons (Fsp3) is 0.682. The number of carbonyl (C=O) groups is 1. The molecule has 6 heteroatoms. The van der Waals surface area contributed by atoms with Gasteiger partial charge in [-0.15, -0.1) is 0 Å². The fourth-order valence-electron chi connectivity index (χ4n) is 4.80. The van der Waals surface area contributed by atoms with Crippen LogP contribution in [0.25, 0.3) is 0 Å². The van der Waals surface area contributed by atoms with Gasteiger partial charge < -0.3 is 14.4 Å². The monoisotopic (exact) mass is 385 g/mol. The van der Waals surface area contributed by atoms with E-state index in [9.17, 15) is 4.79 Å². The molecule has 0 bridgehead atoms. The number of hydrogen-bond donors (Lipinski definition) is 0. The quantitative estimate of drug-likeness (QED) is 0.796. The lowest BCUT2D eigenvalue weighted by Crippen LogP contribution is -2.56. The average molecular weight is 386 g/mol. The molecule has 2 saturated heterocycles. The van der Waals surface area contributed by atoms with Crippen LogP contribution >= 0.6 is 0 Å². The summed E-state index contributed by atoms with van der Waals surface area (Å²) in [5.41, 5.74) is 1.25. The lowest BCUT2D eigenvalue weighted by Gasteiger charge is -2.44. The molecular formula is C22H31N3O3. The van der Waals surface area contributed by atoms with Gasteiger partial charge in [0.1, 0.15) is 0 Å². The Bertz CT molecular complexity index is 741. The van der Waals surface area contributed by atoms with E-state index in [0.717, 1.165) is 76.6 Å². The summed E-state index contributed by atoms with van der Waals surface area (Å²) >= 11 is 0. The zero-order chi connectivity index (χ0) is 19.1. The van der Waals surface area contributed by atoms with Crippen molar-refractivity contribution in [1.29, 1.82) is 0 Å². The first-order valence-corrected chi connectivity index (χ1v) is 10.8. The number of rotatable bonds is 4. The van der Waals surface area contributed by atoms with Gasteiger partial charge in [0.05, 0.1) is 0 Å². The summed E-state index contributed by atoms with van der Waals surface area (Å²) in [4.78, 5) is 20.0. The van der Waals surface area contributed by atoms with E-state index >= 15 is 0 Å². The largest absolute Gasteiger partial charge is 0.454 e. The Balaban J connectivity index is 1.13. The molecule has 0 N–H and O–H groups in total. The molecule has 0 radical (unpaired) electrons. The molecule has 3 aliphatic heterocycles. The fourth-order valence-corrected chi connectivity index (χ4v) is 4.80. The van der Waals surface area contributed by atoms with Crippen molar-refractivity contribution in [2.24, 2.45) is 5.41 Å². The van der Waals surface area contributed by atoms with Crippen LogP contribution in [-0.2, 0) is 11.3 Å². The van der Waals surface area contributed by atoms with Gasteiger partial charge in [-0.2, -0.15) is 0 Å². The normalized spacial score (nSPS) is 27.0. The van der Waals surface area contributed by atoms with E-state index < -0.39 is 0 Å². The molecule has 1 saturated carbocycles. The molecular weight excluding hydrogens is 354 g/mol. The standard InChI is InChI=1S/C22H31N3O3/c1-22(6-7-22)21(26)25-8-2-3-18(15-25)24-11-9-23(10-12-24)14-17-4-5-19-20(13-17)28-16-27-19/h4-5,13,18H,2-3,6-12,14-16H2,1H3/t18-/m1/s1. The van der Waals surface area contributed by atoms with Crippen molar-refractivity contribution in [2.75, 3.05) is 46.1 Å². The predicted octanol–water partition coefficient (Wildman–Crippen LogP) is 2.32. The smallest absolute Gasteiger partial charge is 0.231 e. The number of likely N-dealkylation sites (tertiary alicyclic amines) is 1. The number of hydrogen-bond acceptors (Lipinski definition) is 5. The minimum Gasteiger partial charge on any atom is -0.454 e. The third kappa shape index (κ3) is 3.60. The molecule has 152 valence electrons. The molecule has 0 spiro atoms. The van der Waals surface area contributed by atoms with E-state index in [4.69, 9.17) is 9.47 Å². The van der Waals surface area contributed by atoms with Crippen LogP contribution in [-0.4, -0.2) is 72.7 Å². The lowest BCUT2D eigenvalue weighted by molar-refractivity contribution is -0.138. The highest BCUT2D eigenvalue weighted by molar-refractivity contribution is 5.85. The van der Waals surface area contributed by atoms with Crippen molar-refractivity contribution in [3.63, 3.8) is 0 Å². The highest BCUT2D eigenvalue weighted by Gasteiger charge is 2.48. The third-order valence-electron chi connectivity index (χ3n) is 6.97. The van der Waals surface area contributed by atoms with Gasteiger partial charge in [-0.1, -0.05) is 13.0 Å². The molecule has 1 aromatic carbocycles. The van der Waals surface area contributed by atoms with E-state index in [2.05, 4.69) is 33.8 Å². The van der Waals surface area contributed by atoms with Crippen molar-refractivity contribution < 1.29 is 14.3 Å². The molecule has 5 rings (SSSR count). The van der Waals surface area contributed by atoms with Gasteiger partial charge in [-0.05, 0) is 43.4 Å². The lowest BCUT2D eigenvalue weighted by atomic mass is 10.00. The summed E-state index contributed by atoms with van der Waals surface area (Å²) in [5, 5.41) is 0. The van der Waals surface area contributed by atoms with E-state index in [0.29, 0.717) is 18.7 Å². The van der Waals surface area contributed by atoms with Crippen molar-refractivity contribution in [3.8, 4) is 11.5 Å². The predicted molar refractivity (Wildman–Crippen MR) is 106 cm³/mol. The van der Waals surface area contributed by atoms with Crippen molar-refractivity contribution in [2.45, 2.75) is 45.2 Å². The zero-order valence-corrected chi connectivity index (χ0v) is 16.9. The van der Waals surface area contributed by atoms with E-state index in [1.165, 1.54) is 12.0 Å². The van der Waals surface area contributed by atoms with Crippen molar-refractivity contribution in [1.82, 2.24) is 14.7 Å². The van der Waals surface area contributed by atoms with Gasteiger partial charge in [-0.25, -0.2) is 0 Å². The Kier molecular flexibility index (Phi) is 4.71. The minimum atomic E-state index is -0.0365. The molecule has 0 unspecified atom stereocenters. The number of nitrogens with zero attached hydrogens (tertiary/aromatic N) is 3. The van der Waals surface area contributed by atoms with Crippen LogP contribution in [0.1, 0.15) is 38.2 Å². The Morgan fingerprint density at radius 1 is 1.11 bits per heavy atom. The highest BCUT2D eigenvalue weighted by atomic mass is 16.7. The number of piperazine rings is 1. The van der Waals surface area contributed by atoms with Crippen molar-refractivity contribution >= 4 is 5.91 Å². The first kappa shape index (κ1) is 18.3. The number of ether oxygens (including phenoxy) is 2. The number of piperidine rings is 1. The van der Waals surface area contributed by atoms with Crippen LogP contribution in [0, 0.1) is 5.41 Å². The maximum atomic E-state index is 12.7. The first-order chi connectivity index (χ1) is 13.6. The summed E-state index contributed by atoms with van der Waals surface area (Å²) in [6.07, 6.45) is 4.52. The van der Waals surface area contributed by atoms with Gasteiger partial charge in [0.2, 0.25) is 12.7 Å². The number of fused-ring (bicyclic) bond motifs is 1. The molecule has 3 heterocycles. The van der Waals surface area contributed by atoms with Crippen LogP contribution in [0.15, 0.2) is 18.2 Å². The maximum Gasteiger partial charge on any atom is 0.231 e. The molecule has 1 aromatic rings. The Hall–Kier alpha value is -1.79. The van der Waals surface area contributed by atoms with Gasteiger partial charge >= 0.3 is 0 Å². The van der Waals surface area contributed by atoms with Crippen LogP contribution in [0.3, 0.4) is 0 Å². The second kappa shape index (κ2) is 7.23. The number of carbonyl (C=O) groups excluding carboxylic acids is 1. The summed E-state index contributed by atoms with van der Waals surface area (Å²) < 4.78 is 10.9. The molecule has 3 fully saturated rings. The van der Waals surface area contributed by atoms with E-state index in [-0.39, 0.29) is 5.41 Å². The Morgan fingerprint density at radius 2 is 1.89 bits per heavy atom. The van der Waals surface area contributed by atoms with Crippen molar-refractivity contribution in [3.05, 3.63) is 23.8 Å². The summed E-state index contributed by atoms with van der Waals surface area (Å²) in [6.45, 7) is 9.64. The van der Waals surface area contributed by atoms with Crippen LogP contribution in [0.4, 0.5) is 0 Å². The van der Waals surface area contributed by atoms with Gasteiger partial charge in [0.25, 0.3) is 0 Å². The third-order valence-corrected chi connectivity index (χ3v) is 6.97. The molecule has 1 aliphatic carbocycles. The first-order valence-electron chi connectivity index (χ1n) is 10.8. The molecule has 28 heavy (non-hydrogen) atoms. The molecule has 0 aromatic heterocycles. The average Bonchev–Trinajstić information content (AvgIpc) is 3.31. The second-order valence-electron chi connectivity index (χ2n) is 9.11. The van der Waals surface area contributed by atoms with Gasteiger partial charge in [0, 0.05) is 57.3 Å². The Labute approximate surface area is 167 Å². The van der Waals surface area contributed by atoms with Gasteiger partial charge in [0.15, 0.2) is 11.5 Å². The number of amides is 1. The van der Waals surface area contributed by atoms with E-state index in [1.807, 2.05) is 6.07 Å². The SMILES string of the molecule is CC1(C(=O)N2CCC[C@@H](N3CCN(Cc4ccc5c(c4)OCO5)CC3)C2)CC1. The molecule has 1 amide bonds. The summed E-state index contributed by atoms with van der Waals surface area (Å²) in [6, 6.07) is 6.80. The Morgan fingerprint density at radius 3 is 2.68 bits per heavy atom.